The van der Waals surface area contributed by atoms with Crippen molar-refractivity contribution in [2.24, 2.45) is 5.92 Å². The minimum atomic E-state index is -0.612. The van der Waals surface area contributed by atoms with Gasteiger partial charge in [0.15, 0.2) is 0 Å². The smallest absolute Gasteiger partial charge is 0.117 e. The number of hydrogen-bond acceptors (Lipinski definition) is 2. The van der Waals surface area contributed by atoms with Crippen molar-refractivity contribution in [3.05, 3.63) is 11.8 Å². The molecular weight excluding hydrogens is 116 g/mol. The predicted molar refractivity (Wildman–Crippen MR) is 35.1 cm³/mol. The summed E-state index contributed by atoms with van der Waals surface area (Å²) in [6.07, 6.45) is 2.94. The molecule has 0 saturated carbocycles. The molecule has 1 aliphatic carbocycles. The number of allylic oxidation sites excluding steroid dienone is 1. The van der Waals surface area contributed by atoms with Gasteiger partial charge in [0, 0.05) is 0 Å². The van der Waals surface area contributed by atoms with Gasteiger partial charge < -0.3 is 10.2 Å². The number of hydrogen-bond donors (Lipinski definition) is 2. The van der Waals surface area contributed by atoms with Gasteiger partial charge in [0.2, 0.25) is 0 Å². The third-order valence-electron chi connectivity index (χ3n) is 1.82. The van der Waals surface area contributed by atoms with Gasteiger partial charge >= 0.3 is 0 Å². The molecule has 0 aromatic carbocycles. The van der Waals surface area contributed by atoms with Crippen molar-refractivity contribution >= 4 is 0 Å². The van der Waals surface area contributed by atoms with E-state index in [-0.39, 0.29) is 11.7 Å². The van der Waals surface area contributed by atoms with Gasteiger partial charge in [-0.15, -0.1) is 0 Å². The summed E-state index contributed by atoms with van der Waals surface area (Å²) in [6, 6.07) is 0. The zero-order valence-corrected chi connectivity index (χ0v) is 5.54. The van der Waals surface area contributed by atoms with E-state index in [1.165, 1.54) is 0 Å². The van der Waals surface area contributed by atoms with E-state index in [2.05, 4.69) is 0 Å². The van der Waals surface area contributed by atoms with Crippen LogP contribution in [0.25, 0.3) is 0 Å². The van der Waals surface area contributed by atoms with Crippen molar-refractivity contribution in [3.8, 4) is 0 Å². The van der Waals surface area contributed by atoms with E-state index in [0.717, 1.165) is 12.8 Å². The summed E-state index contributed by atoms with van der Waals surface area (Å²) in [7, 11) is 0. The highest BCUT2D eigenvalue weighted by Crippen LogP contribution is 2.21. The second-order valence-corrected chi connectivity index (χ2v) is 2.63. The monoisotopic (exact) mass is 128 g/mol. The summed E-state index contributed by atoms with van der Waals surface area (Å²) >= 11 is 0. The lowest BCUT2D eigenvalue weighted by molar-refractivity contribution is 0.0912. The van der Waals surface area contributed by atoms with Crippen LogP contribution in [-0.2, 0) is 0 Å². The van der Waals surface area contributed by atoms with Crippen LogP contribution in [0, 0.1) is 5.92 Å². The Morgan fingerprint density at radius 3 is 2.78 bits per heavy atom. The van der Waals surface area contributed by atoms with Gasteiger partial charge in [0.25, 0.3) is 0 Å². The lowest BCUT2D eigenvalue weighted by atomic mass is 9.92. The second kappa shape index (κ2) is 2.40. The summed E-state index contributed by atoms with van der Waals surface area (Å²) in [5.74, 6) is 0.365. The van der Waals surface area contributed by atoms with Crippen LogP contribution in [0.2, 0.25) is 0 Å². The minimum Gasteiger partial charge on any atom is -0.510 e. The van der Waals surface area contributed by atoms with Crippen LogP contribution in [0.15, 0.2) is 11.8 Å². The maximum absolute atomic E-state index is 9.13. The number of rotatable bonds is 0. The molecule has 2 atom stereocenters. The standard InChI is InChI=1S/C7H12O2/c1-5-3-2-4-6(8)7(5)9/h4-5,7-9H,2-3H2,1H3/t5-,7-/m0/s1. The van der Waals surface area contributed by atoms with Crippen LogP contribution in [0.3, 0.4) is 0 Å². The van der Waals surface area contributed by atoms with Crippen molar-refractivity contribution in [3.63, 3.8) is 0 Å². The minimum absolute atomic E-state index is 0.147. The van der Waals surface area contributed by atoms with Gasteiger partial charge in [-0.3, -0.25) is 0 Å². The maximum Gasteiger partial charge on any atom is 0.117 e. The summed E-state index contributed by atoms with van der Waals surface area (Å²) in [6.45, 7) is 1.94. The van der Waals surface area contributed by atoms with Gasteiger partial charge in [0.05, 0.1) is 0 Å². The average Bonchev–Trinajstić information content (AvgIpc) is 1.83. The molecule has 0 radical (unpaired) electrons. The van der Waals surface area contributed by atoms with Crippen LogP contribution in [0.1, 0.15) is 19.8 Å². The van der Waals surface area contributed by atoms with Gasteiger partial charge in [-0.05, 0) is 24.8 Å². The molecule has 2 N–H and O–H groups in total. The SMILES string of the molecule is C[C@H]1CCC=C(O)[C@H]1O. The Balaban J connectivity index is 2.62. The fourth-order valence-electron chi connectivity index (χ4n) is 1.06. The second-order valence-electron chi connectivity index (χ2n) is 2.63. The number of aliphatic hydroxyl groups is 2. The predicted octanol–water partition coefficient (Wildman–Crippen LogP) is 1.22. The summed E-state index contributed by atoms with van der Waals surface area (Å²) in [5, 5.41) is 18.1. The van der Waals surface area contributed by atoms with E-state index in [1.54, 1.807) is 6.08 Å². The van der Waals surface area contributed by atoms with Crippen molar-refractivity contribution in [1.82, 2.24) is 0 Å². The van der Waals surface area contributed by atoms with Crippen molar-refractivity contribution < 1.29 is 10.2 Å². The van der Waals surface area contributed by atoms with E-state index in [9.17, 15) is 0 Å². The topological polar surface area (TPSA) is 40.5 Å². The third-order valence-corrected chi connectivity index (χ3v) is 1.82. The lowest BCUT2D eigenvalue weighted by Gasteiger charge is -2.21. The Morgan fingerprint density at radius 1 is 1.67 bits per heavy atom. The quantitative estimate of drug-likeness (QED) is 0.515. The molecule has 1 aliphatic rings. The Morgan fingerprint density at radius 2 is 2.33 bits per heavy atom. The molecule has 0 fully saturated rings. The maximum atomic E-state index is 9.13. The fraction of sp³-hybridized carbons (Fsp3) is 0.714. The van der Waals surface area contributed by atoms with E-state index < -0.39 is 6.10 Å². The van der Waals surface area contributed by atoms with Gasteiger partial charge in [-0.25, -0.2) is 0 Å². The van der Waals surface area contributed by atoms with Crippen LogP contribution in [0.5, 0.6) is 0 Å². The molecule has 2 nitrogen and oxygen atoms in total. The Kier molecular flexibility index (Phi) is 1.76. The summed E-state index contributed by atoms with van der Waals surface area (Å²) < 4.78 is 0. The largest absolute Gasteiger partial charge is 0.510 e. The van der Waals surface area contributed by atoms with Gasteiger partial charge in [-0.1, -0.05) is 6.92 Å². The molecule has 0 amide bonds. The summed E-state index contributed by atoms with van der Waals surface area (Å²) in [5.41, 5.74) is 0. The van der Waals surface area contributed by atoms with Crippen molar-refractivity contribution in [2.75, 3.05) is 0 Å². The fourth-order valence-corrected chi connectivity index (χ4v) is 1.06. The Labute approximate surface area is 54.8 Å². The average molecular weight is 128 g/mol. The molecule has 0 aromatic heterocycles. The highest BCUT2D eigenvalue weighted by Gasteiger charge is 2.20. The summed E-state index contributed by atoms with van der Waals surface area (Å²) in [4.78, 5) is 0. The highest BCUT2D eigenvalue weighted by atomic mass is 16.3. The molecular formula is C7H12O2. The molecule has 2 heteroatoms. The van der Waals surface area contributed by atoms with E-state index in [0.29, 0.717) is 0 Å². The number of aliphatic hydroxyl groups excluding tert-OH is 2. The zero-order chi connectivity index (χ0) is 6.85. The molecule has 0 bridgehead atoms. The molecule has 0 unspecified atom stereocenters. The molecule has 0 aliphatic heterocycles. The zero-order valence-electron chi connectivity index (χ0n) is 5.54. The molecule has 0 heterocycles. The van der Waals surface area contributed by atoms with Crippen LogP contribution >= 0.6 is 0 Å². The first-order valence-corrected chi connectivity index (χ1v) is 3.29. The van der Waals surface area contributed by atoms with Crippen LogP contribution in [0.4, 0.5) is 0 Å². The van der Waals surface area contributed by atoms with Crippen LogP contribution in [-0.4, -0.2) is 16.3 Å². The van der Waals surface area contributed by atoms with Gasteiger partial charge in [-0.2, -0.15) is 0 Å². The first kappa shape index (κ1) is 6.62. The van der Waals surface area contributed by atoms with Crippen LogP contribution < -0.4 is 0 Å². The lowest BCUT2D eigenvalue weighted by Crippen LogP contribution is -2.22. The van der Waals surface area contributed by atoms with Crippen molar-refractivity contribution in [1.29, 1.82) is 0 Å². The Bertz CT molecular complexity index is 129. The first-order valence-electron chi connectivity index (χ1n) is 3.29. The molecule has 0 aromatic rings. The van der Waals surface area contributed by atoms with E-state index in [1.807, 2.05) is 6.92 Å². The third kappa shape index (κ3) is 1.24. The molecule has 52 valence electrons. The van der Waals surface area contributed by atoms with E-state index >= 15 is 0 Å². The van der Waals surface area contributed by atoms with Gasteiger partial charge in [0.1, 0.15) is 11.9 Å². The Hall–Kier alpha value is -0.500. The van der Waals surface area contributed by atoms with Crippen molar-refractivity contribution in [2.45, 2.75) is 25.9 Å². The normalized spacial score (nSPS) is 36.0. The van der Waals surface area contributed by atoms with E-state index in [4.69, 9.17) is 10.2 Å². The molecule has 0 saturated heterocycles. The molecule has 9 heavy (non-hydrogen) atoms. The molecule has 0 spiro atoms. The highest BCUT2D eigenvalue weighted by molar-refractivity contribution is 5.03. The first-order chi connectivity index (χ1) is 4.22. The molecule has 1 rings (SSSR count).